The maximum atomic E-state index is 13.4. The minimum Gasteiger partial charge on any atom is -0.445 e. The summed E-state index contributed by atoms with van der Waals surface area (Å²) in [6, 6.07) is 13.6. The standard InChI is InChI=1S/C20H17N5O4S/c1-13-14(2)23-29-20(13)25(24-21)30(26,27)18-6-4-3-5-17(18)15-7-9-16(10-8-15)19-22-11-12-28-19/h3-12,21H,1-2H3. The molecule has 0 atom stereocenters. The molecule has 9 nitrogen and oxygen atoms in total. The van der Waals surface area contributed by atoms with Crippen molar-refractivity contribution in [2.24, 2.45) is 5.22 Å². The minimum atomic E-state index is -4.23. The number of nitrogens with one attached hydrogen (secondary N) is 1. The van der Waals surface area contributed by atoms with Crippen LogP contribution in [0.2, 0.25) is 0 Å². The highest BCUT2D eigenvalue weighted by Crippen LogP contribution is 2.34. The fraction of sp³-hybridized carbons (Fsp3) is 0.100. The summed E-state index contributed by atoms with van der Waals surface area (Å²) >= 11 is 0. The van der Waals surface area contributed by atoms with Crippen LogP contribution in [0.1, 0.15) is 11.3 Å². The zero-order valence-electron chi connectivity index (χ0n) is 16.1. The number of anilines is 1. The normalized spacial score (nSPS) is 11.4. The highest BCUT2D eigenvalue weighted by molar-refractivity contribution is 7.92. The molecule has 2 heterocycles. The molecule has 0 saturated heterocycles. The lowest BCUT2D eigenvalue weighted by Gasteiger charge is -2.17. The van der Waals surface area contributed by atoms with E-state index in [0.29, 0.717) is 32.7 Å². The van der Waals surface area contributed by atoms with E-state index in [1.165, 1.54) is 12.3 Å². The first kappa shape index (κ1) is 19.5. The molecule has 0 aliphatic rings. The van der Waals surface area contributed by atoms with Gasteiger partial charge in [0, 0.05) is 16.7 Å². The van der Waals surface area contributed by atoms with Gasteiger partial charge < -0.3 is 8.94 Å². The average Bonchev–Trinajstić information content (AvgIpc) is 3.41. The number of aromatic nitrogens is 2. The molecule has 0 unspecified atom stereocenters. The maximum absolute atomic E-state index is 13.4. The summed E-state index contributed by atoms with van der Waals surface area (Å²) < 4.78 is 37.7. The van der Waals surface area contributed by atoms with Crippen molar-refractivity contribution in [3.63, 3.8) is 0 Å². The van der Waals surface area contributed by atoms with Crippen molar-refractivity contribution in [3.05, 3.63) is 72.2 Å². The third-order valence-electron chi connectivity index (χ3n) is 4.66. The molecule has 30 heavy (non-hydrogen) atoms. The van der Waals surface area contributed by atoms with E-state index in [1.54, 1.807) is 62.5 Å². The third kappa shape index (κ3) is 3.26. The summed E-state index contributed by atoms with van der Waals surface area (Å²) in [7, 11) is -4.23. The molecule has 4 aromatic rings. The lowest BCUT2D eigenvalue weighted by molar-refractivity contribution is 0.418. The second-order valence-corrected chi connectivity index (χ2v) is 8.19. The Hall–Kier alpha value is -3.79. The molecule has 152 valence electrons. The number of nitrogens with zero attached hydrogens (tertiary/aromatic N) is 4. The molecule has 2 aromatic carbocycles. The number of sulfonamides is 1. The van der Waals surface area contributed by atoms with Gasteiger partial charge in [-0.3, -0.25) is 0 Å². The fourth-order valence-electron chi connectivity index (χ4n) is 2.97. The van der Waals surface area contributed by atoms with Crippen molar-refractivity contribution in [1.29, 1.82) is 5.53 Å². The quantitative estimate of drug-likeness (QED) is 0.352. The van der Waals surface area contributed by atoms with Gasteiger partial charge in [0.2, 0.25) is 5.89 Å². The van der Waals surface area contributed by atoms with E-state index in [9.17, 15) is 8.42 Å². The van der Waals surface area contributed by atoms with Gasteiger partial charge in [-0.2, -0.15) is 13.9 Å². The van der Waals surface area contributed by atoms with Crippen LogP contribution in [-0.4, -0.2) is 18.6 Å². The van der Waals surface area contributed by atoms with E-state index in [-0.39, 0.29) is 10.8 Å². The average molecular weight is 423 g/mol. The monoisotopic (exact) mass is 423 g/mol. The predicted molar refractivity (Wildman–Crippen MR) is 108 cm³/mol. The summed E-state index contributed by atoms with van der Waals surface area (Å²) in [5.41, 5.74) is 10.4. The van der Waals surface area contributed by atoms with Gasteiger partial charge in [-0.15, -0.1) is 0 Å². The van der Waals surface area contributed by atoms with Crippen molar-refractivity contribution in [3.8, 4) is 22.6 Å². The summed E-state index contributed by atoms with van der Waals surface area (Å²) in [5.74, 6) is 0.356. The van der Waals surface area contributed by atoms with Crippen molar-refractivity contribution in [2.45, 2.75) is 18.7 Å². The van der Waals surface area contributed by atoms with Gasteiger partial charge in [-0.25, -0.2) is 4.98 Å². The lowest BCUT2D eigenvalue weighted by atomic mass is 10.0. The van der Waals surface area contributed by atoms with Gasteiger partial charge >= 0.3 is 0 Å². The van der Waals surface area contributed by atoms with E-state index in [2.05, 4.69) is 15.4 Å². The van der Waals surface area contributed by atoms with Crippen LogP contribution in [0.4, 0.5) is 5.88 Å². The van der Waals surface area contributed by atoms with Crippen molar-refractivity contribution < 1.29 is 17.4 Å². The van der Waals surface area contributed by atoms with Crippen LogP contribution in [0.5, 0.6) is 0 Å². The molecule has 1 N–H and O–H groups in total. The topological polar surface area (TPSA) is 126 Å². The Balaban J connectivity index is 1.79. The maximum Gasteiger partial charge on any atom is 0.288 e. The molecule has 2 aromatic heterocycles. The van der Waals surface area contributed by atoms with E-state index in [4.69, 9.17) is 14.5 Å². The van der Waals surface area contributed by atoms with Crippen molar-refractivity contribution in [2.75, 3.05) is 4.41 Å². The molecule has 0 fully saturated rings. The Morgan fingerprint density at radius 3 is 2.33 bits per heavy atom. The SMILES string of the molecule is Cc1noc(N(N=N)S(=O)(=O)c2ccccc2-c2ccc(-c3ncco3)cc2)c1C. The molecule has 0 aliphatic carbocycles. The van der Waals surface area contributed by atoms with Crippen molar-refractivity contribution >= 4 is 15.9 Å². The van der Waals surface area contributed by atoms with E-state index < -0.39 is 10.0 Å². The molecule has 10 heteroatoms. The number of hydrogen-bond donors (Lipinski definition) is 1. The summed E-state index contributed by atoms with van der Waals surface area (Å²) in [6.07, 6.45) is 3.04. The Labute approximate surface area is 172 Å². The molecule has 0 radical (unpaired) electrons. The van der Waals surface area contributed by atoms with Crippen LogP contribution in [0, 0.1) is 19.4 Å². The third-order valence-corrected chi connectivity index (χ3v) is 6.28. The van der Waals surface area contributed by atoms with Gasteiger partial charge in [-0.05, 0) is 37.6 Å². The van der Waals surface area contributed by atoms with Gasteiger partial charge in [0.15, 0.2) is 0 Å². The highest BCUT2D eigenvalue weighted by Gasteiger charge is 2.32. The largest absolute Gasteiger partial charge is 0.445 e. The van der Waals surface area contributed by atoms with E-state index >= 15 is 0 Å². The number of hydrogen-bond acceptors (Lipinski definition) is 8. The van der Waals surface area contributed by atoms with Crippen molar-refractivity contribution in [1.82, 2.24) is 10.1 Å². The lowest BCUT2D eigenvalue weighted by Crippen LogP contribution is -2.26. The zero-order chi connectivity index (χ0) is 21.3. The van der Waals surface area contributed by atoms with Crippen LogP contribution >= 0.6 is 0 Å². The molecular formula is C20H17N5O4S. The molecule has 0 saturated carbocycles. The second kappa shape index (κ2) is 7.56. The highest BCUT2D eigenvalue weighted by atomic mass is 32.2. The van der Waals surface area contributed by atoms with E-state index in [1.807, 2.05) is 0 Å². The number of rotatable bonds is 6. The summed E-state index contributed by atoms with van der Waals surface area (Å²) in [5, 5.41) is 6.97. The fourth-order valence-corrected chi connectivity index (χ4v) is 4.37. The summed E-state index contributed by atoms with van der Waals surface area (Å²) in [6.45, 7) is 3.34. The zero-order valence-corrected chi connectivity index (χ0v) is 16.9. The first-order valence-corrected chi connectivity index (χ1v) is 10.3. The predicted octanol–water partition coefficient (Wildman–Crippen LogP) is 4.75. The number of benzene rings is 2. The van der Waals surface area contributed by atoms with Crippen LogP contribution in [0.25, 0.3) is 22.6 Å². The van der Waals surface area contributed by atoms with Gasteiger partial charge in [0.05, 0.1) is 16.8 Å². The molecule has 0 amide bonds. The van der Waals surface area contributed by atoms with Crippen LogP contribution in [0.3, 0.4) is 0 Å². The first-order valence-electron chi connectivity index (χ1n) is 8.88. The molecule has 0 aliphatic heterocycles. The van der Waals surface area contributed by atoms with Crippen LogP contribution < -0.4 is 4.41 Å². The van der Waals surface area contributed by atoms with Crippen LogP contribution in [-0.2, 0) is 10.0 Å². The second-order valence-electron chi connectivity index (χ2n) is 6.46. The molecule has 0 spiro atoms. The smallest absolute Gasteiger partial charge is 0.288 e. The van der Waals surface area contributed by atoms with Gasteiger partial charge in [-0.1, -0.05) is 45.1 Å². The number of oxazole rings is 1. The Bertz CT molecular complexity index is 1300. The first-order chi connectivity index (χ1) is 14.4. The Morgan fingerprint density at radius 1 is 1.03 bits per heavy atom. The molecular weight excluding hydrogens is 406 g/mol. The minimum absolute atomic E-state index is 0.0154. The molecule has 4 rings (SSSR count). The summed E-state index contributed by atoms with van der Waals surface area (Å²) in [4.78, 5) is 4.09. The Morgan fingerprint density at radius 2 is 1.73 bits per heavy atom. The Kier molecular flexibility index (Phi) is 4.92. The number of aryl methyl sites for hydroxylation is 1. The van der Waals surface area contributed by atoms with E-state index in [0.717, 1.165) is 5.56 Å². The van der Waals surface area contributed by atoms with Gasteiger partial charge in [0.1, 0.15) is 6.26 Å². The molecule has 0 bridgehead atoms. The van der Waals surface area contributed by atoms with Crippen LogP contribution in [0.15, 0.2) is 80.0 Å². The van der Waals surface area contributed by atoms with Gasteiger partial charge in [0.25, 0.3) is 15.9 Å².